The summed E-state index contributed by atoms with van der Waals surface area (Å²) in [6.07, 6.45) is -8.75. The van der Waals surface area contributed by atoms with Crippen molar-refractivity contribution in [1.29, 1.82) is 0 Å². The third-order valence-electron chi connectivity index (χ3n) is 7.50. The number of carbonyl (C=O) groups is 1. The fourth-order valence-corrected chi connectivity index (χ4v) is 7.38. The molecule has 1 heterocycles. The molecule has 41 heavy (non-hydrogen) atoms. The molecule has 0 aliphatic heterocycles. The molecule has 4 rings (SSSR count). The molecular weight excluding hydrogens is 584 g/mol. The Kier molecular flexibility index (Phi) is 8.02. The zero-order chi connectivity index (χ0) is 30.3. The van der Waals surface area contributed by atoms with Gasteiger partial charge in [0.2, 0.25) is 0 Å². The Bertz CT molecular complexity index is 1470. The second-order valence-electron chi connectivity index (χ2n) is 9.88. The van der Waals surface area contributed by atoms with Gasteiger partial charge in [-0.2, -0.15) is 26.3 Å². The molecule has 0 N–H and O–H groups in total. The van der Waals surface area contributed by atoms with Crippen LogP contribution < -0.4 is 0 Å². The summed E-state index contributed by atoms with van der Waals surface area (Å²) in [5, 5.41) is 0. The summed E-state index contributed by atoms with van der Waals surface area (Å²) in [6, 6.07) is 5.87. The molecule has 0 spiro atoms. The van der Waals surface area contributed by atoms with Crippen LogP contribution in [0.5, 0.6) is 0 Å². The molecule has 0 atom stereocenters. The van der Waals surface area contributed by atoms with Crippen LogP contribution in [0.4, 0.5) is 35.1 Å². The molecule has 220 valence electrons. The van der Waals surface area contributed by atoms with E-state index < -0.39 is 44.0 Å². The fraction of sp³-hybridized carbons (Fsp3) is 0.370. The van der Waals surface area contributed by atoms with E-state index in [1.807, 2.05) is 0 Å². The van der Waals surface area contributed by atoms with Gasteiger partial charge < -0.3 is 0 Å². The first-order valence-corrected chi connectivity index (χ1v) is 13.7. The van der Waals surface area contributed by atoms with E-state index >= 15 is 0 Å². The second kappa shape index (κ2) is 10.8. The Hall–Kier alpha value is -3.42. The van der Waals surface area contributed by atoms with Gasteiger partial charge in [-0.05, 0) is 61.4 Å². The maximum Gasteiger partial charge on any atom is 0.435 e. The normalized spacial score (nSPS) is 20.5. The number of carbonyl (C=O) groups excluding carboxylic acids is 1. The van der Waals surface area contributed by atoms with Crippen molar-refractivity contribution in [2.45, 2.75) is 59.8 Å². The molecule has 14 heteroatoms. The third-order valence-corrected chi connectivity index (χ3v) is 10.1. The number of aromatic nitrogens is 2. The maximum absolute atomic E-state index is 14.6. The van der Waals surface area contributed by atoms with Gasteiger partial charge in [-0.3, -0.25) is 4.79 Å². The van der Waals surface area contributed by atoms with E-state index in [-0.39, 0.29) is 72.0 Å². The van der Waals surface area contributed by atoms with Crippen molar-refractivity contribution >= 4 is 15.6 Å². The molecular formula is C27H22F8N2O3S. The van der Waals surface area contributed by atoms with Crippen molar-refractivity contribution in [3.63, 3.8) is 0 Å². The summed E-state index contributed by atoms with van der Waals surface area (Å²) in [6.45, 7) is 0. The number of halogens is 8. The van der Waals surface area contributed by atoms with Crippen LogP contribution in [-0.2, 0) is 20.3 Å². The van der Waals surface area contributed by atoms with E-state index in [0.29, 0.717) is 0 Å². The molecule has 1 saturated carbocycles. The van der Waals surface area contributed by atoms with Crippen LogP contribution in [0.15, 0.2) is 72.1 Å². The molecule has 1 aromatic heterocycles. The van der Waals surface area contributed by atoms with E-state index in [9.17, 15) is 48.3 Å². The summed E-state index contributed by atoms with van der Waals surface area (Å²) in [5.41, 5.74) is -7.33. The molecule has 3 aromatic rings. The smallest absolute Gasteiger partial charge is 0.294 e. The van der Waals surface area contributed by atoms with Gasteiger partial charge in [-0.25, -0.2) is 27.2 Å². The molecule has 5 nitrogen and oxygen atoms in total. The zero-order valence-electron chi connectivity index (χ0n) is 21.0. The molecule has 0 unspecified atom stereocenters. The van der Waals surface area contributed by atoms with Crippen LogP contribution in [0.2, 0.25) is 0 Å². The molecule has 0 amide bonds. The first-order valence-electron chi connectivity index (χ1n) is 12.2. The Morgan fingerprint density at radius 3 is 1.83 bits per heavy atom. The lowest BCUT2D eigenvalue weighted by Gasteiger charge is -2.40. The van der Waals surface area contributed by atoms with Crippen LogP contribution in [0.3, 0.4) is 0 Å². The van der Waals surface area contributed by atoms with E-state index in [2.05, 4.69) is 9.97 Å². The number of benzene rings is 2. The first kappa shape index (κ1) is 30.5. The summed E-state index contributed by atoms with van der Waals surface area (Å²) in [5.74, 6) is -1.31. The van der Waals surface area contributed by atoms with E-state index in [1.165, 1.54) is 18.7 Å². The van der Waals surface area contributed by atoms with E-state index in [0.717, 1.165) is 36.4 Å². The van der Waals surface area contributed by atoms with Crippen LogP contribution in [0, 0.1) is 11.7 Å². The highest BCUT2D eigenvalue weighted by atomic mass is 32.2. The fourth-order valence-electron chi connectivity index (χ4n) is 5.21. The number of ketones is 1. The van der Waals surface area contributed by atoms with Crippen LogP contribution in [-0.4, -0.2) is 36.5 Å². The van der Waals surface area contributed by atoms with E-state index in [1.54, 1.807) is 0 Å². The monoisotopic (exact) mass is 606 g/mol. The van der Waals surface area contributed by atoms with Gasteiger partial charge in [0.05, 0.1) is 10.5 Å². The topological polar surface area (TPSA) is 77.0 Å². The molecule has 2 aromatic carbocycles. The standard InChI is InChI=1S/C27H22F8N2O3S/c28-21-5-7-22(8-6-21)41(39,40)24(11-9-17(10-12-24)13-23(38)18-14-36-16-37-15-18)19-1-3-20(4-2-19)25(29,26(30,31)32)27(33,34)35/h1-8,14-17H,9-13H2. The SMILES string of the molecule is O=C(CC1CCC(c2ccc(C(F)(C(F)(F)F)C(F)(F)F)cc2)(S(=O)(=O)c2ccc(F)cc2)CC1)c1cncnc1. The predicted molar refractivity (Wildman–Crippen MR) is 130 cm³/mol. The number of sulfone groups is 1. The quantitative estimate of drug-likeness (QED) is 0.164. The van der Waals surface area contributed by atoms with Crippen LogP contribution >= 0.6 is 0 Å². The van der Waals surface area contributed by atoms with Crippen molar-refractivity contribution in [1.82, 2.24) is 9.97 Å². The van der Waals surface area contributed by atoms with Gasteiger partial charge in [0, 0.05) is 24.4 Å². The minimum Gasteiger partial charge on any atom is -0.294 e. The Labute approximate surface area is 229 Å². The lowest BCUT2D eigenvalue weighted by Crippen LogP contribution is -2.50. The number of hydrogen-bond donors (Lipinski definition) is 0. The number of alkyl halides is 7. The number of hydrogen-bond acceptors (Lipinski definition) is 5. The summed E-state index contributed by atoms with van der Waals surface area (Å²) < 4.78 is 134. The molecule has 0 radical (unpaired) electrons. The van der Waals surface area contributed by atoms with Crippen LogP contribution in [0.1, 0.15) is 53.6 Å². The van der Waals surface area contributed by atoms with Crippen molar-refractivity contribution < 1.29 is 48.3 Å². The van der Waals surface area contributed by atoms with Gasteiger partial charge in [-0.15, -0.1) is 0 Å². The molecule has 1 aliphatic carbocycles. The van der Waals surface area contributed by atoms with Gasteiger partial charge in [0.1, 0.15) is 16.9 Å². The highest BCUT2D eigenvalue weighted by molar-refractivity contribution is 7.92. The van der Waals surface area contributed by atoms with Crippen LogP contribution in [0.25, 0.3) is 0 Å². The number of nitrogens with zero attached hydrogens (tertiary/aromatic N) is 2. The summed E-state index contributed by atoms with van der Waals surface area (Å²) in [7, 11) is -4.41. The van der Waals surface area contributed by atoms with Crippen molar-refractivity contribution in [2.24, 2.45) is 5.92 Å². The Morgan fingerprint density at radius 2 is 1.34 bits per heavy atom. The lowest BCUT2D eigenvalue weighted by atomic mass is 9.75. The maximum atomic E-state index is 14.6. The Balaban J connectivity index is 1.72. The average Bonchev–Trinajstić information content (AvgIpc) is 2.92. The number of rotatable bonds is 7. The summed E-state index contributed by atoms with van der Waals surface area (Å²) in [4.78, 5) is 19.9. The van der Waals surface area contributed by atoms with Gasteiger partial charge in [0.15, 0.2) is 15.6 Å². The van der Waals surface area contributed by atoms with Crippen molar-refractivity contribution in [3.8, 4) is 0 Å². The largest absolute Gasteiger partial charge is 0.435 e. The van der Waals surface area contributed by atoms with Gasteiger partial charge >= 0.3 is 18.0 Å². The van der Waals surface area contributed by atoms with E-state index in [4.69, 9.17) is 0 Å². The second-order valence-corrected chi connectivity index (χ2v) is 12.1. The highest BCUT2D eigenvalue weighted by Crippen LogP contribution is 2.54. The molecule has 1 fully saturated rings. The lowest BCUT2D eigenvalue weighted by molar-refractivity contribution is -0.348. The van der Waals surface area contributed by atoms with Gasteiger partial charge in [-0.1, -0.05) is 24.3 Å². The molecule has 0 saturated heterocycles. The first-order chi connectivity index (χ1) is 19.0. The predicted octanol–water partition coefficient (Wildman–Crippen LogP) is 7.04. The van der Waals surface area contributed by atoms with Gasteiger partial charge in [0.25, 0.3) is 0 Å². The molecule has 0 bridgehead atoms. The van der Waals surface area contributed by atoms with Crippen molar-refractivity contribution in [3.05, 3.63) is 89.8 Å². The minimum atomic E-state index is -6.33. The average molecular weight is 607 g/mol. The summed E-state index contributed by atoms with van der Waals surface area (Å²) >= 11 is 0. The number of Topliss-reactive ketones (excluding diaryl/α,β-unsaturated/α-hetero) is 1. The minimum absolute atomic E-state index is 0.0283. The molecule has 1 aliphatic rings. The van der Waals surface area contributed by atoms with Crippen molar-refractivity contribution in [2.75, 3.05) is 0 Å². The highest BCUT2D eigenvalue weighted by Gasteiger charge is 2.73. The third kappa shape index (κ3) is 5.45. The zero-order valence-corrected chi connectivity index (χ0v) is 21.8. The Morgan fingerprint density at radius 1 is 0.829 bits per heavy atom.